The maximum Gasteiger partial charge on any atom is 0.191 e. The molecule has 1 fully saturated rings. The van der Waals surface area contributed by atoms with E-state index in [1.807, 2.05) is 0 Å². The molecule has 0 radical (unpaired) electrons. The second kappa shape index (κ2) is 7.11. The zero-order chi connectivity index (χ0) is 14.4. The minimum atomic E-state index is -0.212. The molecule has 4 heteroatoms. The quantitative estimate of drug-likeness (QED) is 0.420. The van der Waals surface area contributed by atoms with E-state index in [9.17, 15) is 5.11 Å². The minimum absolute atomic E-state index is 0.0610. The lowest BCUT2D eigenvalue weighted by molar-refractivity contribution is 0.00716. The molecule has 0 spiro atoms. The van der Waals surface area contributed by atoms with Crippen LogP contribution < -0.4 is 10.6 Å². The highest BCUT2D eigenvalue weighted by Crippen LogP contribution is 2.36. The molecule has 2 atom stereocenters. The molecule has 0 bridgehead atoms. The molecule has 0 saturated heterocycles. The highest BCUT2D eigenvalue weighted by molar-refractivity contribution is 5.80. The van der Waals surface area contributed by atoms with Crippen LogP contribution in [0.3, 0.4) is 0 Å². The molecular formula is C16H29N3O. The van der Waals surface area contributed by atoms with Crippen molar-refractivity contribution in [2.45, 2.75) is 64.5 Å². The number of hydrogen-bond donors (Lipinski definition) is 3. The smallest absolute Gasteiger partial charge is 0.191 e. The van der Waals surface area contributed by atoms with Crippen LogP contribution in [-0.2, 0) is 0 Å². The first-order valence-corrected chi connectivity index (χ1v) is 8.02. The zero-order valence-corrected chi connectivity index (χ0v) is 12.9. The molecular weight excluding hydrogens is 250 g/mol. The van der Waals surface area contributed by atoms with Crippen LogP contribution in [0.15, 0.2) is 17.1 Å². The fourth-order valence-electron chi connectivity index (χ4n) is 3.07. The van der Waals surface area contributed by atoms with E-state index in [2.05, 4.69) is 36.6 Å². The van der Waals surface area contributed by atoms with Crippen LogP contribution in [0.5, 0.6) is 0 Å². The third-order valence-electron chi connectivity index (χ3n) is 4.57. The van der Waals surface area contributed by atoms with Gasteiger partial charge >= 0.3 is 0 Å². The molecule has 2 aliphatic carbocycles. The van der Waals surface area contributed by atoms with Gasteiger partial charge in [0.1, 0.15) is 0 Å². The van der Waals surface area contributed by atoms with E-state index in [1.54, 1.807) is 0 Å². The van der Waals surface area contributed by atoms with E-state index >= 15 is 0 Å². The Balaban J connectivity index is 1.93. The molecule has 4 nitrogen and oxygen atoms in total. The molecule has 2 unspecified atom stereocenters. The average Bonchev–Trinajstić information content (AvgIpc) is 2.93. The number of guanidine groups is 1. The van der Waals surface area contributed by atoms with Gasteiger partial charge in [0.25, 0.3) is 0 Å². The van der Waals surface area contributed by atoms with Gasteiger partial charge in [-0.15, -0.1) is 0 Å². The standard InChI is InChI=1S/C16H29N3O/c1-3-17-15(19-13-8-4-5-9-13)18-12-16(2)11-7-6-10-14(16)20/h4-5,13-14,20H,3,6-12H2,1-2H3,(H2,17,18,19). The molecule has 0 amide bonds. The Hall–Kier alpha value is -1.03. The number of rotatable bonds is 4. The predicted molar refractivity (Wildman–Crippen MR) is 83.9 cm³/mol. The van der Waals surface area contributed by atoms with Gasteiger partial charge in [-0.25, -0.2) is 0 Å². The van der Waals surface area contributed by atoms with Crippen molar-refractivity contribution >= 4 is 5.96 Å². The second-order valence-electron chi connectivity index (χ2n) is 6.39. The van der Waals surface area contributed by atoms with E-state index < -0.39 is 0 Å². The molecule has 20 heavy (non-hydrogen) atoms. The van der Waals surface area contributed by atoms with Crippen molar-refractivity contribution in [3.8, 4) is 0 Å². The predicted octanol–water partition coefficient (Wildman–Crippen LogP) is 2.20. The van der Waals surface area contributed by atoms with Gasteiger partial charge in [-0.05, 0) is 32.6 Å². The van der Waals surface area contributed by atoms with Gasteiger partial charge in [0, 0.05) is 18.0 Å². The maximum absolute atomic E-state index is 10.2. The van der Waals surface area contributed by atoms with Crippen LogP contribution in [0.4, 0.5) is 0 Å². The Morgan fingerprint density at radius 1 is 1.35 bits per heavy atom. The number of hydrogen-bond acceptors (Lipinski definition) is 2. The van der Waals surface area contributed by atoms with E-state index in [4.69, 9.17) is 4.99 Å². The molecule has 2 rings (SSSR count). The highest BCUT2D eigenvalue weighted by atomic mass is 16.3. The van der Waals surface area contributed by atoms with Gasteiger partial charge in [0.2, 0.25) is 0 Å². The molecule has 0 aromatic heterocycles. The van der Waals surface area contributed by atoms with Crippen molar-refractivity contribution in [1.82, 2.24) is 10.6 Å². The van der Waals surface area contributed by atoms with Gasteiger partial charge in [0.15, 0.2) is 5.96 Å². The average molecular weight is 279 g/mol. The summed E-state index contributed by atoms with van der Waals surface area (Å²) >= 11 is 0. The Bertz CT molecular complexity index is 359. The third-order valence-corrected chi connectivity index (χ3v) is 4.57. The lowest BCUT2D eigenvalue weighted by atomic mass is 9.73. The lowest BCUT2D eigenvalue weighted by Crippen LogP contribution is -2.44. The summed E-state index contributed by atoms with van der Waals surface area (Å²) in [5.41, 5.74) is -0.0610. The summed E-state index contributed by atoms with van der Waals surface area (Å²) in [6.45, 7) is 5.82. The Kier molecular flexibility index (Phi) is 5.46. The normalized spacial score (nSPS) is 31.6. The fraction of sp³-hybridized carbons (Fsp3) is 0.812. The summed E-state index contributed by atoms with van der Waals surface area (Å²) in [7, 11) is 0. The molecule has 3 N–H and O–H groups in total. The maximum atomic E-state index is 10.2. The first-order chi connectivity index (χ1) is 9.64. The van der Waals surface area contributed by atoms with Gasteiger partial charge < -0.3 is 15.7 Å². The number of nitrogens with one attached hydrogen (secondary N) is 2. The fourth-order valence-corrected chi connectivity index (χ4v) is 3.07. The number of aliphatic hydroxyl groups is 1. The molecule has 0 aliphatic heterocycles. The van der Waals surface area contributed by atoms with Gasteiger partial charge in [-0.3, -0.25) is 4.99 Å². The number of aliphatic imine (C=N–C) groups is 1. The number of nitrogens with zero attached hydrogens (tertiary/aromatic N) is 1. The van der Waals surface area contributed by atoms with Gasteiger partial charge in [-0.2, -0.15) is 0 Å². The van der Waals surface area contributed by atoms with Crippen LogP contribution in [0, 0.1) is 5.41 Å². The molecule has 2 aliphatic rings. The summed E-state index contributed by atoms with van der Waals surface area (Å²) in [4.78, 5) is 4.73. The summed E-state index contributed by atoms with van der Waals surface area (Å²) in [6.07, 6.45) is 10.7. The zero-order valence-electron chi connectivity index (χ0n) is 12.9. The molecule has 0 heterocycles. The lowest BCUT2D eigenvalue weighted by Gasteiger charge is -2.37. The summed E-state index contributed by atoms with van der Waals surface area (Å²) in [5.74, 6) is 0.889. The van der Waals surface area contributed by atoms with Crippen molar-refractivity contribution in [1.29, 1.82) is 0 Å². The Morgan fingerprint density at radius 2 is 2.10 bits per heavy atom. The van der Waals surface area contributed by atoms with Crippen molar-refractivity contribution in [3.05, 3.63) is 12.2 Å². The van der Waals surface area contributed by atoms with Crippen LogP contribution in [0.25, 0.3) is 0 Å². The Morgan fingerprint density at radius 3 is 2.75 bits per heavy atom. The van der Waals surface area contributed by atoms with Crippen LogP contribution in [0.2, 0.25) is 0 Å². The van der Waals surface area contributed by atoms with E-state index in [-0.39, 0.29) is 11.5 Å². The van der Waals surface area contributed by atoms with Gasteiger partial charge in [0.05, 0.1) is 12.6 Å². The largest absolute Gasteiger partial charge is 0.392 e. The van der Waals surface area contributed by atoms with E-state index in [0.29, 0.717) is 12.6 Å². The van der Waals surface area contributed by atoms with Crippen molar-refractivity contribution in [2.24, 2.45) is 10.4 Å². The first kappa shape index (κ1) is 15.4. The van der Waals surface area contributed by atoms with Crippen molar-refractivity contribution in [2.75, 3.05) is 13.1 Å². The summed E-state index contributed by atoms with van der Waals surface area (Å²) in [5, 5.41) is 17.0. The topological polar surface area (TPSA) is 56.7 Å². The van der Waals surface area contributed by atoms with E-state index in [1.165, 1.54) is 6.42 Å². The Labute approximate surface area is 122 Å². The van der Waals surface area contributed by atoms with Crippen LogP contribution in [-0.4, -0.2) is 36.3 Å². The molecule has 0 aromatic rings. The van der Waals surface area contributed by atoms with Crippen molar-refractivity contribution in [3.63, 3.8) is 0 Å². The first-order valence-electron chi connectivity index (χ1n) is 8.02. The summed E-state index contributed by atoms with van der Waals surface area (Å²) in [6, 6.07) is 0.469. The van der Waals surface area contributed by atoms with Crippen molar-refractivity contribution < 1.29 is 5.11 Å². The number of aliphatic hydroxyl groups excluding tert-OH is 1. The summed E-state index contributed by atoms with van der Waals surface area (Å²) < 4.78 is 0. The monoisotopic (exact) mass is 279 g/mol. The molecule has 1 saturated carbocycles. The SMILES string of the molecule is CCNC(=NCC1(C)CCCCC1O)NC1CC=CC1. The molecule has 114 valence electrons. The minimum Gasteiger partial charge on any atom is -0.392 e. The van der Waals surface area contributed by atoms with E-state index in [0.717, 1.165) is 44.6 Å². The second-order valence-corrected chi connectivity index (χ2v) is 6.39. The van der Waals surface area contributed by atoms with Crippen LogP contribution >= 0.6 is 0 Å². The van der Waals surface area contributed by atoms with Crippen LogP contribution in [0.1, 0.15) is 52.4 Å². The third kappa shape index (κ3) is 3.98. The molecule has 0 aromatic carbocycles. The highest BCUT2D eigenvalue weighted by Gasteiger charge is 2.35. The van der Waals surface area contributed by atoms with Gasteiger partial charge in [-0.1, -0.05) is 31.9 Å².